The van der Waals surface area contributed by atoms with Gasteiger partial charge in [-0.2, -0.15) is 0 Å². The van der Waals surface area contributed by atoms with Crippen molar-refractivity contribution in [2.75, 3.05) is 18.6 Å². The van der Waals surface area contributed by atoms with Gasteiger partial charge < -0.3 is 9.30 Å². The number of aromatic nitrogens is 1. The van der Waals surface area contributed by atoms with Gasteiger partial charge in [-0.05, 0) is 47.4 Å². The molecule has 1 aliphatic carbocycles. The number of aryl methyl sites for hydroxylation is 2. The van der Waals surface area contributed by atoms with E-state index in [0.717, 1.165) is 17.5 Å². The maximum atomic E-state index is 13.4. The van der Waals surface area contributed by atoms with Crippen LogP contribution in [0.2, 0.25) is 0 Å². The van der Waals surface area contributed by atoms with E-state index in [1.54, 1.807) is 6.20 Å². The second kappa shape index (κ2) is 6.97. The molecule has 0 bridgehead atoms. The zero-order valence-electron chi connectivity index (χ0n) is 17.0. The summed E-state index contributed by atoms with van der Waals surface area (Å²) in [6, 6.07) is 5.92. The van der Waals surface area contributed by atoms with Gasteiger partial charge in [0.1, 0.15) is 6.61 Å². The van der Waals surface area contributed by atoms with E-state index in [9.17, 15) is 9.59 Å². The van der Waals surface area contributed by atoms with Crippen LogP contribution in [0.3, 0.4) is 0 Å². The van der Waals surface area contributed by atoms with E-state index in [1.807, 2.05) is 36.9 Å². The number of anilines is 1. The van der Waals surface area contributed by atoms with E-state index in [-0.39, 0.29) is 29.8 Å². The number of nitrogens with zero attached hydrogens (tertiary/aromatic N) is 2. The van der Waals surface area contributed by atoms with Crippen LogP contribution in [0.5, 0.6) is 0 Å². The van der Waals surface area contributed by atoms with Crippen molar-refractivity contribution >= 4 is 17.5 Å². The fraction of sp³-hybridized carbons (Fsp3) is 0.455. The molecule has 2 amide bonds. The molecular weight excluding hydrogens is 340 g/mol. The smallest absolute Gasteiger partial charge is 0.266 e. The number of ether oxygens (including phenoxy) is 1. The predicted molar refractivity (Wildman–Crippen MR) is 106 cm³/mol. The number of benzene rings is 1. The average Bonchev–Trinajstić information content (AvgIpc) is 3.04. The number of rotatable bonds is 4. The van der Waals surface area contributed by atoms with E-state index < -0.39 is 0 Å². The molecule has 0 saturated carbocycles. The molecule has 5 heteroatoms. The van der Waals surface area contributed by atoms with Gasteiger partial charge in [0.2, 0.25) is 0 Å². The van der Waals surface area contributed by atoms with Crippen molar-refractivity contribution in [3.63, 3.8) is 0 Å². The van der Waals surface area contributed by atoms with Crippen LogP contribution in [0, 0.1) is 6.92 Å². The lowest BCUT2D eigenvalue weighted by molar-refractivity contribution is -0.121. The summed E-state index contributed by atoms with van der Waals surface area (Å²) < 4.78 is 6.90. The minimum Gasteiger partial charge on any atom is -0.375 e. The number of hydrogen-bond donors (Lipinski definition) is 0. The normalized spacial score (nSPS) is 17.6. The van der Waals surface area contributed by atoms with E-state index in [2.05, 4.69) is 26.8 Å². The van der Waals surface area contributed by atoms with Gasteiger partial charge in [0, 0.05) is 26.6 Å². The molecule has 1 heterocycles. The van der Waals surface area contributed by atoms with Gasteiger partial charge in [-0.1, -0.05) is 32.9 Å². The van der Waals surface area contributed by atoms with Gasteiger partial charge in [-0.15, -0.1) is 0 Å². The summed E-state index contributed by atoms with van der Waals surface area (Å²) in [6.07, 6.45) is 4.64. The monoisotopic (exact) mass is 368 g/mol. The zero-order valence-corrected chi connectivity index (χ0v) is 17.0. The van der Waals surface area contributed by atoms with E-state index in [1.165, 1.54) is 17.6 Å². The highest BCUT2D eigenvalue weighted by Crippen LogP contribution is 2.49. The first-order valence-corrected chi connectivity index (χ1v) is 9.29. The summed E-state index contributed by atoms with van der Waals surface area (Å²) in [4.78, 5) is 27.6. The largest absolute Gasteiger partial charge is 0.375 e. The fourth-order valence-electron chi connectivity index (χ4n) is 4.44. The molecular formula is C22H28N2O3. The van der Waals surface area contributed by atoms with Crippen LogP contribution in [0.4, 0.5) is 5.69 Å². The lowest BCUT2D eigenvalue weighted by atomic mass is 9.86. The van der Waals surface area contributed by atoms with Crippen LogP contribution in [-0.4, -0.2) is 30.1 Å². The molecule has 144 valence electrons. The molecule has 2 aromatic rings. The number of fused-ring (bicyclic) bond motifs is 1. The molecule has 0 saturated heterocycles. The number of amides is 2. The summed E-state index contributed by atoms with van der Waals surface area (Å²) in [5.41, 5.74) is 4.38. The molecule has 3 rings (SSSR count). The third-order valence-electron chi connectivity index (χ3n) is 5.47. The number of carbonyl (C=O) groups is 2. The maximum absolute atomic E-state index is 13.4. The Hall–Kier alpha value is -2.40. The van der Waals surface area contributed by atoms with Crippen molar-refractivity contribution in [2.24, 2.45) is 7.05 Å². The van der Waals surface area contributed by atoms with Gasteiger partial charge in [0.05, 0.1) is 11.3 Å². The molecule has 1 aliphatic rings. The zero-order chi connectivity index (χ0) is 19.9. The van der Waals surface area contributed by atoms with Crippen molar-refractivity contribution in [3.05, 3.63) is 52.8 Å². The Labute approximate surface area is 160 Å². The Morgan fingerprint density at radius 1 is 1.30 bits per heavy atom. The second-order valence-electron chi connectivity index (χ2n) is 8.22. The second-order valence-corrected chi connectivity index (χ2v) is 8.22. The molecule has 1 unspecified atom stereocenters. The first kappa shape index (κ1) is 19.4. The fourth-order valence-corrected chi connectivity index (χ4v) is 4.44. The summed E-state index contributed by atoms with van der Waals surface area (Å²) in [7, 11) is 3.34. The van der Waals surface area contributed by atoms with Crippen molar-refractivity contribution in [1.82, 2.24) is 4.57 Å². The number of hydrogen-bond acceptors (Lipinski definition) is 3. The molecule has 1 aromatic carbocycles. The lowest BCUT2D eigenvalue weighted by Gasteiger charge is -2.25. The quantitative estimate of drug-likeness (QED) is 0.821. The van der Waals surface area contributed by atoms with Gasteiger partial charge in [0.15, 0.2) is 0 Å². The third-order valence-corrected chi connectivity index (χ3v) is 5.47. The number of carbonyl (C=O) groups excluding carboxylic acids is 2. The first-order chi connectivity index (χ1) is 12.7. The van der Waals surface area contributed by atoms with Crippen LogP contribution in [0.1, 0.15) is 60.2 Å². The Kier molecular flexibility index (Phi) is 5.00. The van der Waals surface area contributed by atoms with E-state index >= 15 is 0 Å². The van der Waals surface area contributed by atoms with Gasteiger partial charge >= 0.3 is 0 Å². The Morgan fingerprint density at radius 2 is 2.00 bits per heavy atom. The summed E-state index contributed by atoms with van der Waals surface area (Å²) in [6.45, 7) is 8.33. The standard InChI is InChI=1S/C22H28N2O3/c1-14-10-22(3,4)17-8-7-9-18(20(14)17)24(19(25)13-27-6)21(26)16-12-23(5)11-15(16)2/h7-9,11-12,14H,10,13H2,1-6H3. The summed E-state index contributed by atoms with van der Waals surface area (Å²) in [5, 5.41) is 0. The predicted octanol–water partition coefficient (Wildman–Crippen LogP) is 3.94. The molecule has 0 fully saturated rings. The molecule has 0 spiro atoms. The maximum Gasteiger partial charge on any atom is 0.266 e. The molecule has 27 heavy (non-hydrogen) atoms. The SMILES string of the molecule is COCC(=O)N(C(=O)c1cn(C)cc1C)c1cccc2c1C(C)CC2(C)C. The molecule has 0 N–H and O–H groups in total. The molecule has 1 aromatic heterocycles. The minimum absolute atomic E-state index is 0.0203. The van der Waals surface area contributed by atoms with Crippen molar-refractivity contribution in [3.8, 4) is 0 Å². The topological polar surface area (TPSA) is 51.5 Å². The van der Waals surface area contributed by atoms with Crippen molar-refractivity contribution in [1.29, 1.82) is 0 Å². The van der Waals surface area contributed by atoms with E-state index in [0.29, 0.717) is 11.3 Å². The van der Waals surface area contributed by atoms with Crippen LogP contribution in [-0.2, 0) is 22.0 Å². The average molecular weight is 368 g/mol. The Balaban J connectivity index is 2.17. The molecule has 0 aliphatic heterocycles. The van der Waals surface area contributed by atoms with Gasteiger partial charge in [-0.3, -0.25) is 9.59 Å². The number of imide groups is 1. The van der Waals surface area contributed by atoms with Crippen LogP contribution in [0.25, 0.3) is 0 Å². The van der Waals surface area contributed by atoms with Crippen molar-refractivity contribution < 1.29 is 14.3 Å². The van der Waals surface area contributed by atoms with E-state index in [4.69, 9.17) is 4.74 Å². The van der Waals surface area contributed by atoms with Crippen LogP contribution >= 0.6 is 0 Å². The Bertz CT molecular complexity index is 895. The van der Waals surface area contributed by atoms with Gasteiger partial charge in [-0.25, -0.2) is 4.90 Å². The van der Waals surface area contributed by atoms with Crippen LogP contribution < -0.4 is 4.90 Å². The summed E-state index contributed by atoms with van der Waals surface area (Å²) in [5.74, 6) is -0.384. The van der Waals surface area contributed by atoms with Crippen LogP contribution in [0.15, 0.2) is 30.6 Å². The summed E-state index contributed by atoms with van der Waals surface area (Å²) >= 11 is 0. The Morgan fingerprint density at radius 3 is 2.59 bits per heavy atom. The first-order valence-electron chi connectivity index (χ1n) is 9.29. The highest BCUT2D eigenvalue weighted by molar-refractivity contribution is 6.22. The lowest BCUT2D eigenvalue weighted by Crippen LogP contribution is -2.40. The molecule has 1 atom stereocenters. The molecule has 0 radical (unpaired) electrons. The molecule has 5 nitrogen and oxygen atoms in total. The third kappa shape index (κ3) is 3.32. The highest BCUT2D eigenvalue weighted by atomic mass is 16.5. The highest BCUT2D eigenvalue weighted by Gasteiger charge is 2.39. The van der Waals surface area contributed by atoms with Crippen molar-refractivity contribution in [2.45, 2.75) is 45.4 Å². The van der Waals surface area contributed by atoms with Gasteiger partial charge in [0.25, 0.3) is 11.8 Å². The number of methoxy groups -OCH3 is 1. The minimum atomic E-state index is -0.351.